The first-order valence-corrected chi connectivity index (χ1v) is 7.52. The van der Waals surface area contributed by atoms with Gasteiger partial charge in [0.05, 0.1) is 0 Å². The third-order valence-corrected chi connectivity index (χ3v) is 3.23. The van der Waals surface area contributed by atoms with Crippen molar-refractivity contribution in [1.29, 1.82) is 0 Å². The summed E-state index contributed by atoms with van der Waals surface area (Å²) in [4.78, 5) is 12.9. The molecule has 0 radical (unpaired) electrons. The fraction of sp³-hybridized carbons (Fsp3) is 0.471. The van der Waals surface area contributed by atoms with Crippen LogP contribution >= 0.6 is 0 Å². The van der Waals surface area contributed by atoms with E-state index in [0.29, 0.717) is 6.61 Å². The smallest absolute Gasteiger partial charge is 0.328 e. The third-order valence-electron chi connectivity index (χ3n) is 3.23. The first kappa shape index (κ1) is 17.2. The highest BCUT2D eigenvalue weighted by Crippen LogP contribution is 2.14. The summed E-state index contributed by atoms with van der Waals surface area (Å²) in [7, 11) is 0. The van der Waals surface area contributed by atoms with Gasteiger partial charge in [-0.05, 0) is 43.3 Å². The van der Waals surface area contributed by atoms with Crippen molar-refractivity contribution in [3.05, 3.63) is 35.9 Å². The number of aliphatic carboxylic acids is 1. The van der Waals surface area contributed by atoms with Crippen molar-refractivity contribution in [2.45, 2.75) is 26.7 Å². The molecule has 0 fully saturated rings. The zero-order valence-electron chi connectivity index (χ0n) is 12.9. The highest BCUT2D eigenvalue weighted by molar-refractivity contribution is 5.85. The highest BCUT2D eigenvalue weighted by atomic mass is 16.5. The van der Waals surface area contributed by atoms with Gasteiger partial charge in [0.1, 0.15) is 12.4 Å². The quantitative estimate of drug-likeness (QED) is 0.672. The van der Waals surface area contributed by atoms with Gasteiger partial charge in [-0.1, -0.05) is 32.4 Å². The molecular formula is C17H25NO3. The van der Waals surface area contributed by atoms with Gasteiger partial charge >= 0.3 is 5.97 Å². The summed E-state index contributed by atoms with van der Waals surface area (Å²) < 4.78 is 5.74. The minimum absolute atomic E-state index is 0.643. The molecule has 0 spiro atoms. The van der Waals surface area contributed by atoms with Gasteiger partial charge in [-0.3, -0.25) is 0 Å². The molecule has 4 nitrogen and oxygen atoms in total. The topological polar surface area (TPSA) is 49.8 Å². The number of likely N-dealkylation sites (N-methyl/N-ethyl adjacent to an activating group) is 1. The van der Waals surface area contributed by atoms with E-state index < -0.39 is 5.97 Å². The Morgan fingerprint density at radius 1 is 1.33 bits per heavy atom. The molecule has 0 aliphatic rings. The van der Waals surface area contributed by atoms with Crippen molar-refractivity contribution in [3.8, 4) is 5.75 Å². The lowest BCUT2D eigenvalue weighted by atomic mass is 10.2. The Kier molecular flexibility index (Phi) is 8.21. The van der Waals surface area contributed by atoms with Gasteiger partial charge < -0.3 is 14.7 Å². The Morgan fingerprint density at radius 2 is 2.14 bits per heavy atom. The molecular weight excluding hydrogens is 266 g/mol. The zero-order valence-corrected chi connectivity index (χ0v) is 12.9. The van der Waals surface area contributed by atoms with Gasteiger partial charge in [0, 0.05) is 12.6 Å². The highest BCUT2D eigenvalue weighted by Gasteiger charge is 2.02. The van der Waals surface area contributed by atoms with Gasteiger partial charge in [0.2, 0.25) is 0 Å². The molecule has 1 aromatic rings. The van der Waals surface area contributed by atoms with Gasteiger partial charge in [-0.15, -0.1) is 0 Å². The molecule has 1 aromatic carbocycles. The summed E-state index contributed by atoms with van der Waals surface area (Å²) in [5.74, 6) is -0.176. The number of benzene rings is 1. The largest absolute Gasteiger partial charge is 0.492 e. The van der Waals surface area contributed by atoms with E-state index in [-0.39, 0.29) is 0 Å². The van der Waals surface area contributed by atoms with Crippen LogP contribution < -0.4 is 4.74 Å². The van der Waals surface area contributed by atoms with Crippen molar-refractivity contribution in [1.82, 2.24) is 4.90 Å². The van der Waals surface area contributed by atoms with Crippen molar-refractivity contribution < 1.29 is 14.6 Å². The van der Waals surface area contributed by atoms with E-state index >= 15 is 0 Å². The summed E-state index contributed by atoms with van der Waals surface area (Å²) in [6.45, 7) is 8.05. The average molecular weight is 291 g/mol. The average Bonchev–Trinajstić information content (AvgIpc) is 2.49. The van der Waals surface area contributed by atoms with Gasteiger partial charge in [0.15, 0.2) is 0 Å². The Labute approximate surface area is 127 Å². The van der Waals surface area contributed by atoms with Crippen LogP contribution in [0.25, 0.3) is 6.08 Å². The fourth-order valence-electron chi connectivity index (χ4n) is 1.98. The molecule has 4 heteroatoms. The molecule has 0 aliphatic heterocycles. The van der Waals surface area contributed by atoms with Crippen LogP contribution in [0.2, 0.25) is 0 Å². The van der Waals surface area contributed by atoms with E-state index in [1.165, 1.54) is 12.8 Å². The molecule has 1 rings (SSSR count). The van der Waals surface area contributed by atoms with Crippen LogP contribution in [0.5, 0.6) is 5.75 Å². The number of carboxylic acids is 1. The van der Waals surface area contributed by atoms with Gasteiger partial charge in [0.25, 0.3) is 0 Å². The van der Waals surface area contributed by atoms with E-state index in [4.69, 9.17) is 9.84 Å². The van der Waals surface area contributed by atoms with Crippen molar-refractivity contribution in [3.63, 3.8) is 0 Å². The monoisotopic (exact) mass is 291 g/mol. The number of ether oxygens (including phenoxy) is 1. The molecule has 21 heavy (non-hydrogen) atoms. The van der Waals surface area contributed by atoms with E-state index in [9.17, 15) is 4.79 Å². The van der Waals surface area contributed by atoms with Crippen LogP contribution in [-0.4, -0.2) is 42.2 Å². The summed E-state index contributed by atoms with van der Waals surface area (Å²) in [6, 6.07) is 7.46. The van der Waals surface area contributed by atoms with Gasteiger partial charge in [-0.2, -0.15) is 0 Å². The minimum atomic E-state index is -0.948. The SMILES string of the molecule is CCCCN(CC)CCOc1cccc(C=CC(=O)O)c1. The standard InChI is InChI=1S/C17H25NO3/c1-3-5-11-18(4-2)12-13-21-16-8-6-7-15(14-16)9-10-17(19)20/h6-10,14H,3-5,11-13H2,1-2H3,(H,19,20). The Hall–Kier alpha value is -1.81. The maximum Gasteiger partial charge on any atom is 0.328 e. The first-order chi connectivity index (χ1) is 10.2. The number of rotatable bonds is 10. The van der Waals surface area contributed by atoms with E-state index in [1.54, 1.807) is 6.08 Å². The van der Waals surface area contributed by atoms with Crippen molar-refractivity contribution >= 4 is 12.0 Å². The fourth-order valence-corrected chi connectivity index (χ4v) is 1.98. The van der Waals surface area contributed by atoms with Crippen molar-refractivity contribution in [2.24, 2.45) is 0 Å². The number of unbranched alkanes of at least 4 members (excludes halogenated alkanes) is 1. The lowest BCUT2D eigenvalue weighted by Gasteiger charge is -2.20. The predicted octanol–water partition coefficient (Wildman–Crippen LogP) is 3.29. The normalized spacial score (nSPS) is 11.2. The number of carboxylic acid groups (broad SMARTS) is 1. The number of carbonyl (C=O) groups is 1. The predicted molar refractivity (Wildman–Crippen MR) is 85.6 cm³/mol. The van der Waals surface area contributed by atoms with E-state index in [0.717, 1.165) is 37.0 Å². The van der Waals surface area contributed by atoms with Crippen LogP contribution in [0.15, 0.2) is 30.3 Å². The van der Waals surface area contributed by atoms with E-state index in [1.807, 2.05) is 24.3 Å². The second-order valence-corrected chi connectivity index (χ2v) is 4.88. The number of hydrogen-bond donors (Lipinski definition) is 1. The molecule has 0 unspecified atom stereocenters. The van der Waals surface area contributed by atoms with Gasteiger partial charge in [-0.25, -0.2) is 4.79 Å². The summed E-state index contributed by atoms with van der Waals surface area (Å²) >= 11 is 0. The number of hydrogen-bond acceptors (Lipinski definition) is 3. The Morgan fingerprint density at radius 3 is 2.81 bits per heavy atom. The molecule has 0 bridgehead atoms. The van der Waals surface area contributed by atoms with E-state index in [2.05, 4.69) is 18.7 Å². The second kappa shape index (κ2) is 10.00. The summed E-state index contributed by atoms with van der Waals surface area (Å²) in [5.41, 5.74) is 0.827. The van der Waals surface area contributed by atoms with Crippen LogP contribution in [0.4, 0.5) is 0 Å². The molecule has 0 atom stereocenters. The molecule has 0 amide bonds. The van der Waals surface area contributed by atoms with Crippen LogP contribution in [0, 0.1) is 0 Å². The molecule has 0 saturated carbocycles. The molecule has 0 aliphatic carbocycles. The summed E-state index contributed by atoms with van der Waals surface area (Å²) in [5, 5.41) is 8.62. The lowest BCUT2D eigenvalue weighted by Crippen LogP contribution is -2.29. The molecule has 1 N–H and O–H groups in total. The maximum atomic E-state index is 10.5. The van der Waals surface area contributed by atoms with Crippen molar-refractivity contribution in [2.75, 3.05) is 26.2 Å². The van der Waals surface area contributed by atoms with Crippen LogP contribution in [0.1, 0.15) is 32.3 Å². The lowest BCUT2D eigenvalue weighted by molar-refractivity contribution is -0.131. The molecule has 0 saturated heterocycles. The third kappa shape index (κ3) is 7.51. The molecule has 116 valence electrons. The minimum Gasteiger partial charge on any atom is -0.492 e. The zero-order chi connectivity index (χ0) is 15.5. The second-order valence-electron chi connectivity index (χ2n) is 4.88. The maximum absolute atomic E-state index is 10.5. The summed E-state index contributed by atoms with van der Waals surface area (Å²) in [6.07, 6.45) is 5.11. The first-order valence-electron chi connectivity index (χ1n) is 7.52. The number of nitrogens with zero attached hydrogens (tertiary/aromatic N) is 1. The molecule has 0 aromatic heterocycles. The molecule has 0 heterocycles. The Bertz CT molecular complexity index is 457. The van der Waals surface area contributed by atoms with Crippen LogP contribution in [0.3, 0.4) is 0 Å². The van der Waals surface area contributed by atoms with Crippen LogP contribution in [-0.2, 0) is 4.79 Å². The Balaban J connectivity index is 2.44.